The zero-order chi connectivity index (χ0) is 22.7. The number of benzene rings is 4. The van der Waals surface area contributed by atoms with Gasteiger partial charge in [-0.1, -0.05) is 53.6 Å². The number of nitrogens with one attached hydrogen (secondary N) is 1. The predicted octanol–water partition coefficient (Wildman–Crippen LogP) is 7.72. The van der Waals surface area contributed by atoms with Gasteiger partial charge in [0.1, 0.15) is 0 Å². The van der Waals surface area contributed by atoms with Gasteiger partial charge in [0.25, 0.3) is 5.91 Å². The number of amides is 1. The summed E-state index contributed by atoms with van der Waals surface area (Å²) in [6.45, 7) is 0. The second-order valence-corrected chi connectivity index (χ2v) is 7.01. The first-order chi connectivity index (χ1) is 15.3. The first-order valence-corrected chi connectivity index (χ1v) is 9.52. The second kappa shape index (κ2) is 8.45. The number of alkyl halides is 3. The fraction of sp³-hybridized carbons (Fsp3) is 0.0417. The van der Waals surface area contributed by atoms with Crippen molar-refractivity contribution in [2.75, 3.05) is 5.32 Å². The molecule has 0 bridgehead atoms. The molecule has 0 atom stereocenters. The van der Waals surface area contributed by atoms with E-state index in [1.807, 2.05) is 12.1 Å². The Balaban J connectivity index is 1.63. The fourth-order valence-electron chi connectivity index (χ4n) is 3.42. The van der Waals surface area contributed by atoms with Gasteiger partial charge in [-0.2, -0.15) is 13.2 Å². The molecule has 5 nitrogen and oxygen atoms in total. The minimum Gasteiger partial charge on any atom is -0.322 e. The highest BCUT2D eigenvalue weighted by Gasteiger charge is 2.30. The molecule has 0 aliphatic rings. The van der Waals surface area contributed by atoms with E-state index in [4.69, 9.17) is 5.53 Å². The van der Waals surface area contributed by atoms with Crippen LogP contribution in [0.2, 0.25) is 0 Å². The van der Waals surface area contributed by atoms with Crippen molar-refractivity contribution < 1.29 is 18.0 Å². The molecular formula is C24H15F3N4O. The van der Waals surface area contributed by atoms with E-state index in [1.54, 1.807) is 48.5 Å². The molecule has 4 rings (SSSR count). The number of hydrogen-bond acceptors (Lipinski definition) is 2. The van der Waals surface area contributed by atoms with Crippen LogP contribution < -0.4 is 5.32 Å². The Morgan fingerprint density at radius 1 is 0.906 bits per heavy atom. The number of carbonyl (C=O) groups is 1. The number of fused-ring (bicyclic) bond motifs is 1. The van der Waals surface area contributed by atoms with Crippen LogP contribution in [0, 0.1) is 0 Å². The van der Waals surface area contributed by atoms with Gasteiger partial charge in [0.15, 0.2) is 0 Å². The number of carbonyl (C=O) groups excluding carboxylic acids is 1. The molecule has 0 aliphatic carbocycles. The van der Waals surface area contributed by atoms with Crippen LogP contribution in [0.15, 0.2) is 90.0 Å². The Bertz CT molecular complexity index is 1360. The summed E-state index contributed by atoms with van der Waals surface area (Å²) in [6.07, 6.45) is -4.39. The highest BCUT2D eigenvalue weighted by Crippen LogP contribution is 2.33. The molecule has 0 aromatic heterocycles. The van der Waals surface area contributed by atoms with Crippen molar-refractivity contribution in [1.29, 1.82) is 0 Å². The third-order valence-corrected chi connectivity index (χ3v) is 4.93. The highest BCUT2D eigenvalue weighted by molar-refractivity contribution is 6.08. The molecule has 8 heteroatoms. The number of nitrogens with zero attached hydrogens (tertiary/aromatic N) is 3. The Kier molecular flexibility index (Phi) is 5.54. The summed E-state index contributed by atoms with van der Waals surface area (Å²) in [7, 11) is 0. The largest absolute Gasteiger partial charge is 0.416 e. The Morgan fingerprint density at radius 3 is 2.38 bits per heavy atom. The predicted molar refractivity (Wildman–Crippen MR) is 118 cm³/mol. The van der Waals surface area contributed by atoms with Gasteiger partial charge < -0.3 is 5.32 Å². The van der Waals surface area contributed by atoms with Crippen LogP contribution in [-0.4, -0.2) is 5.91 Å². The monoisotopic (exact) mass is 432 g/mol. The molecule has 0 unspecified atom stereocenters. The number of azide groups is 1. The van der Waals surface area contributed by atoms with Crippen molar-refractivity contribution in [3.63, 3.8) is 0 Å². The maximum atomic E-state index is 12.9. The lowest BCUT2D eigenvalue weighted by Gasteiger charge is -2.11. The summed E-state index contributed by atoms with van der Waals surface area (Å²) < 4.78 is 38.6. The van der Waals surface area contributed by atoms with Gasteiger partial charge in [-0.25, -0.2) is 0 Å². The molecule has 0 saturated carbocycles. The van der Waals surface area contributed by atoms with E-state index in [0.29, 0.717) is 22.5 Å². The molecule has 1 N–H and O–H groups in total. The number of anilines is 1. The van der Waals surface area contributed by atoms with Gasteiger partial charge in [0.2, 0.25) is 0 Å². The van der Waals surface area contributed by atoms with Gasteiger partial charge in [-0.3, -0.25) is 4.79 Å². The number of rotatable bonds is 4. The highest BCUT2D eigenvalue weighted by atomic mass is 19.4. The Labute approximate surface area is 180 Å². The topological polar surface area (TPSA) is 77.9 Å². The fourth-order valence-corrected chi connectivity index (χ4v) is 3.42. The van der Waals surface area contributed by atoms with E-state index in [1.165, 1.54) is 12.1 Å². The van der Waals surface area contributed by atoms with Crippen LogP contribution in [0.5, 0.6) is 0 Å². The molecule has 0 fully saturated rings. The molecule has 4 aromatic carbocycles. The number of halogens is 3. The van der Waals surface area contributed by atoms with E-state index < -0.39 is 11.7 Å². The maximum absolute atomic E-state index is 12.9. The van der Waals surface area contributed by atoms with Gasteiger partial charge in [-0.15, -0.1) is 0 Å². The molecule has 1 amide bonds. The summed E-state index contributed by atoms with van der Waals surface area (Å²) in [5.74, 6) is -0.343. The van der Waals surface area contributed by atoms with Crippen molar-refractivity contribution in [2.45, 2.75) is 6.18 Å². The minimum atomic E-state index is -4.39. The van der Waals surface area contributed by atoms with Crippen molar-refractivity contribution >= 4 is 28.1 Å². The summed E-state index contributed by atoms with van der Waals surface area (Å²) in [5, 5.41) is 7.86. The normalized spacial score (nSPS) is 11.1. The van der Waals surface area contributed by atoms with E-state index in [9.17, 15) is 18.0 Å². The zero-order valence-corrected chi connectivity index (χ0v) is 16.5. The Hall–Kier alpha value is -4.29. The molecule has 158 valence electrons. The molecular weight excluding hydrogens is 417 g/mol. The lowest BCUT2D eigenvalue weighted by molar-refractivity contribution is -0.137. The summed E-state index contributed by atoms with van der Waals surface area (Å²) in [5.41, 5.74) is 10.5. The number of hydrogen-bond donors (Lipinski definition) is 1. The standard InChI is InChI=1S/C24H15F3N4O/c25-24(26,27)18-10-7-15(8-11-18)21-6-1-3-16-13-17(9-12-22(16)21)23(32)29-19-4-2-5-20(14-19)30-31-28/h1-14H,(H,29,32). The lowest BCUT2D eigenvalue weighted by Crippen LogP contribution is -2.11. The lowest BCUT2D eigenvalue weighted by atomic mass is 9.96. The van der Waals surface area contributed by atoms with Gasteiger partial charge in [0.05, 0.1) is 5.56 Å². The van der Waals surface area contributed by atoms with Gasteiger partial charge >= 0.3 is 6.18 Å². The van der Waals surface area contributed by atoms with E-state index in [-0.39, 0.29) is 5.91 Å². The van der Waals surface area contributed by atoms with Crippen molar-refractivity contribution in [3.8, 4) is 11.1 Å². The summed E-state index contributed by atoms with van der Waals surface area (Å²) >= 11 is 0. The van der Waals surface area contributed by atoms with E-state index in [2.05, 4.69) is 15.3 Å². The van der Waals surface area contributed by atoms with E-state index in [0.717, 1.165) is 28.5 Å². The van der Waals surface area contributed by atoms with Gasteiger partial charge in [0, 0.05) is 21.8 Å². The second-order valence-electron chi connectivity index (χ2n) is 7.01. The molecule has 0 spiro atoms. The molecule has 0 aliphatic heterocycles. The Morgan fingerprint density at radius 2 is 1.66 bits per heavy atom. The van der Waals surface area contributed by atoms with Crippen LogP contribution in [-0.2, 0) is 6.18 Å². The van der Waals surface area contributed by atoms with Gasteiger partial charge in [-0.05, 0) is 63.8 Å². The molecule has 0 radical (unpaired) electrons. The summed E-state index contributed by atoms with van der Waals surface area (Å²) in [6, 6.07) is 22.1. The van der Waals surface area contributed by atoms with Crippen LogP contribution in [0.4, 0.5) is 24.5 Å². The van der Waals surface area contributed by atoms with Crippen molar-refractivity contribution in [1.82, 2.24) is 0 Å². The van der Waals surface area contributed by atoms with Crippen molar-refractivity contribution in [3.05, 3.63) is 106 Å². The molecule has 0 heterocycles. The van der Waals surface area contributed by atoms with Crippen LogP contribution in [0.1, 0.15) is 15.9 Å². The van der Waals surface area contributed by atoms with Crippen LogP contribution >= 0.6 is 0 Å². The molecule has 4 aromatic rings. The molecule has 32 heavy (non-hydrogen) atoms. The van der Waals surface area contributed by atoms with Crippen LogP contribution in [0.3, 0.4) is 0 Å². The maximum Gasteiger partial charge on any atom is 0.416 e. The van der Waals surface area contributed by atoms with Crippen molar-refractivity contribution in [2.24, 2.45) is 5.11 Å². The molecule has 0 saturated heterocycles. The minimum absolute atomic E-state index is 0.343. The van der Waals surface area contributed by atoms with E-state index >= 15 is 0 Å². The third kappa shape index (κ3) is 4.40. The quantitative estimate of drug-likeness (QED) is 0.200. The zero-order valence-electron chi connectivity index (χ0n) is 16.5. The average Bonchev–Trinajstić information content (AvgIpc) is 2.78. The van der Waals surface area contributed by atoms with Crippen LogP contribution in [0.25, 0.3) is 32.3 Å². The average molecular weight is 432 g/mol. The third-order valence-electron chi connectivity index (χ3n) is 4.93. The SMILES string of the molecule is [N-]=[N+]=Nc1cccc(NC(=O)c2ccc3c(-c4ccc(C(F)(F)F)cc4)cccc3c2)c1. The first-order valence-electron chi connectivity index (χ1n) is 9.52. The summed E-state index contributed by atoms with van der Waals surface area (Å²) in [4.78, 5) is 15.4. The smallest absolute Gasteiger partial charge is 0.322 e. The first kappa shape index (κ1) is 21.0.